The highest BCUT2D eigenvalue weighted by Gasteiger charge is 2.33. The summed E-state index contributed by atoms with van der Waals surface area (Å²) in [5, 5.41) is 1.37. The second kappa shape index (κ2) is 8.32. The Hall–Kier alpha value is -3.91. The Morgan fingerprint density at radius 2 is 1.53 bits per heavy atom. The molecule has 160 valence electrons. The zero-order valence-electron chi connectivity index (χ0n) is 17.4. The standard InChI is InChI=1S/C24H19N3O4S/c1-15-12-16(2)14-17(13-15)27-22(28)20-7-5-10-26-23(20)32(30,31)24(29)19-9-11-25-21-8-4-3-6-18(19)21/h3-14H,1-2H3,(H,27,28). The minimum Gasteiger partial charge on any atom is -0.322 e. The van der Waals surface area contributed by atoms with Gasteiger partial charge in [-0.3, -0.25) is 14.6 Å². The van der Waals surface area contributed by atoms with Crippen molar-refractivity contribution >= 4 is 37.5 Å². The van der Waals surface area contributed by atoms with Crippen LogP contribution in [0.4, 0.5) is 5.69 Å². The molecule has 4 aromatic rings. The van der Waals surface area contributed by atoms with E-state index >= 15 is 0 Å². The quantitative estimate of drug-likeness (QED) is 0.507. The van der Waals surface area contributed by atoms with E-state index in [1.807, 2.05) is 19.9 Å². The number of sulfone groups is 1. The molecule has 0 saturated heterocycles. The topological polar surface area (TPSA) is 106 Å². The summed E-state index contributed by atoms with van der Waals surface area (Å²) in [5.74, 6) is -0.672. The van der Waals surface area contributed by atoms with Crippen molar-refractivity contribution in [2.24, 2.45) is 0 Å². The fraction of sp³-hybridized carbons (Fsp3) is 0.0833. The molecule has 32 heavy (non-hydrogen) atoms. The lowest BCUT2D eigenvalue weighted by Crippen LogP contribution is -2.22. The van der Waals surface area contributed by atoms with Gasteiger partial charge in [0.25, 0.3) is 20.9 Å². The maximum Gasteiger partial charge on any atom is 0.283 e. The van der Waals surface area contributed by atoms with Crippen LogP contribution in [0.5, 0.6) is 0 Å². The van der Waals surface area contributed by atoms with Gasteiger partial charge in [0, 0.05) is 29.0 Å². The first-order valence-corrected chi connectivity index (χ1v) is 11.2. The van der Waals surface area contributed by atoms with E-state index in [1.165, 1.54) is 30.6 Å². The first-order valence-electron chi connectivity index (χ1n) is 9.75. The number of para-hydroxylation sites is 1. The third kappa shape index (κ3) is 4.00. The Morgan fingerprint density at radius 3 is 2.28 bits per heavy atom. The maximum absolute atomic E-state index is 13.2. The van der Waals surface area contributed by atoms with Crippen molar-refractivity contribution in [3.8, 4) is 0 Å². The number of rotatable bonds is 4. The van der Waals surface area contributed by atoms with Crippen molar-refractivity contribution < 1.29 is 18.0 Å². The molecule has 0 atom stereocenters. The van der Waals surface area contributed by atoms with Gasteiger partial charge in [-0.2, -0.15) is 0 Å². The fourth-order valence-corrected chi connectivity index (χ4v) is 4.82. The second-order valence-corrected chi connectivity index (χ2v) is 9.12. The number of carbonyl (C=O) groups excluding carboxylic acids is 2. The van der Waals surface area contributed by atoms with Crippen LogP contribution in [-0.4, -0.2) is 29.4 Å². The number of aromatic nitrogens is 2. The molecule has 0 aliphatic rings. The Balaban J connectivity index is 1.75. The molecule has 2 heterocycles. The van der Waals surface area contributed by atoms with E-state index in [1.54, 1.807) is 36.4 Å². The SMILES string of the molecule is Cc1cc(C)cc(NC(=O)c2cccnc2S(=O)(=O)C(=O)c2ccnc3ccccc23)c1. The second-order valence-electron chi connectivity index (χ2n) is 7.35. The van der Waals surface area contributed by atoms with E-state index < -0.39 is 25.9 Å². The van der Waals surface area contributed by atoms with Crippen LogP contribution in [0.3, 0.4) is 0 Å². The van der Waals surface area contributed by atoms with Gasteiger partial charge >= 0.3 is 0 Å². The monoisotopic (exact) mass is 445 g/mol. The van der Waals surface area contributed by atoms with Crippen LogP contribution in [0.15, 0.2) is 78.1 Å². The van der Waals surface area contributed by atoms with Crippen LogP contribution in [0.25, 0.3) is 10.9 Å². The van der Waals surface area contributed by atoms with Crippen molar-refractivity contribution in [1.82, 2.24) is 9.97 Å². The largest absolute Gasteiger partial charge is 0.322 e. The van der Waals surface area contributed by atoms with Gasteiger partial charge < -0.3 is 5.32 Å². The summed E-state index contributed by atoms with van der Waals surface area (Å²) in [5.41, 5.74) is 2.66. The number of amides is 1. The van der Waals surface area contributed by atoms with Gasteiger partial charge in [0.2, 0.25) is 0 Å². The van der Waals surface area contributed by atoms with E-state index in [0.29, 0.717) is 16.6 Å². The number of fused-ring (bicyclic) bond motifs is 1. The molecule has 4 rings (SSSR count). The predicted molar refractivity (Wildman–Crippen MR) is 121 cm³/mol. The van der Waals surface area contributed by atoms with Crippen LogP contribution in [0, 0.1) is 13.8 Å². The highest BCUT2D eigenvalue weighted by atomic mass is 32.2. The lowest BCUT2D eigenvalue weighted by Gasteiger charge is -2.11. The Labute approximate surface area is 185 Å². The molecule has 0 spiro atoms. The molecule has 2 aromatic carbocycles. The van der Waals surface area contributed by atoms with Crippen LogP contribution in [0.2, 0.25) is 0 Å². The molecule has 0 saturated carbocycles. The first kappa shape index (κ1) is 21.3. The van der Waals surface area contributed by atoms with Gasteiger partial charge in [0.15, 0.2) is 5.03 Å². The highest BCUT2D eigenvalue weighted by Crippen LogP contribution is 2.24. The van der Waals surface area contributed by atoms with Crippen molar-refractivity contribution in [2.75, 3.05) is 5.32 Å². The normalized spacial score (nSPS) is 11.3. The number of anilines is 1. The van der Waals surface area contributed by atoms with E-state index in [9.17, 15) is 18.0 Å². The number of pyridine rings is 2. The van der Waals surface area contributed by atoms with Crippen LogP contribution in [0.1, 0.15) is 31.8 Å². The summed E-state index contributed by atoms with van der Waals surface area (Å²) in [6, 6.07) is 16.3. The van der Waals surface area contributed by atoms with Gasteiger partial charge in [-0.05, 0) is 61.4 Å². The highest BCUT2D eigenvalue weighted by molar-refractivity contribution is 8.06. The molecule has 0 unspecified atom stereocenters. The van der Waals surface area contributed by atoms with E-state index in [-0.39, 0.29) is 11.1 Å². The summed E-state index contributed by atoms with van der Waals surface area (Å²) in [6.45, 7) is 3.78. The number of carbonyl (C=O) groups is 2. The van der Waals surface area contributed by atoms with E-state index in [4.69, 9.17) is 0 Å². The zero-order valence-corrected chi connectivity index (χ0v) is 18.2. The number of nitrogens with one attached hydrogen (secondary N) is 1. The summed E-state index contributed by atoms with van der Waals surface area (Å²) < 4.78 is 26.5. The van der Waals surface area contributed by atoms with Crippen LogP contribution < -0.4 is 5.32 Å². The number of hydrogen-bond donors (Lipinski definition) is 1. The fourth-order valence-electron chi connectivity index (χ4n) is 3.53. The molecule has 2 aromatic heterocycles. The molecule has 0 bridgehead atoms. The lowest BCUT2D eigenvalue weighted by atomic mass is 10.1. The van der Waals surface area contributed by atoms with Crippen molar-refractivity contribution in [3.63, 3.8) is 0 Å². The predicted octanol–water partition coefficient (Wildman–Crippen LogP) is 4.11. The smallest absolute Gasteiger partial charge is 0.283 e. The average molecular weight is 446 g/mol. The third-order valence-corrected chi connectivity index (χ3v) is 6.41. The Bertz CT molecular complexity index is 1450. The summed E-state index contributed by atoms with van der Waals surface area (Å²) in [7, 11) is -4.61. The average Bonchev–Trinajstić information content (AvgIpc) is 2.77. The summed E-state index contributed by atoms with van der Waals surface area (Å²) >= 11 is 0. The van der Waals surface area contributed by atoms with Gasteiger partial charge in [-0.15, -0.1) is 0 Å². The Morgan fingerprint density at radius 1 is 0.812 bits per heavy atom. The van der Waals surface area contributed by atoms with E-state index in [2.05, 4.69) is 15.3 Å². The Kier molecular flexibility index (Phi) is 5.54. The van der Waals surface area contributed by atoms with Crippen LogP contribution >= 0.6 is 0 Å². The molecule has 8 heteroatoms. The molecular weight excluding hydrogens is 426 g/mol. The molecular formula is C24H19N3O4S. The number of benzene rings is 2. The maximum atomic E-state index is 13.2. The van der Waals surface area contributed by atoms with Gasteiger partial charge in [-0.25, -0.2) is 13.4 Å². The van der Waals surface area contributed by atoms with Gasteiger partial charge in [0.05, 0.1) is 11.1 Å². The summed E-state index contributed by atoms with van der Waals surface area (Å²) in [6.07, 6.45) is 2.61. The third-order valence-electron chi connectivity index (χ3n) is 4.86. The minimum absolute atomic E-state index is 0.0260. The number of nitrogens with zero attached hydrogens (tertiary/aromatic N) is 2. The van der Waals surface area contributed by atoms with E-state index in [0.717, 1.165) is 11.1 Å². The van der Waals surface area contributed by atoms with Crippen molar-refractivity contribution in [1.29, 1.82) is 0 Å². The molecule has 1 N–H and O–H groups in total. The number of aryl methyl sites for hydroxylation is 2. The van der Waals surface area contributed by atoms with Gasteiger partial charge in [-0.1, -0.05) is 24.3 Å². The molecule has 0 aliphatic carbocycles. The molecule has 0 fully saturated rings. The van der Waals surface area contributed by atoms with Crippen molar-refractivity contribution in [2.45, 2.75) is 18.9 Å². The zero-order chi connectivity index (χ0) is 22.9. The summed E-state index contributed by atoms with van der Waals surface area (Å²) in [4.78, 5) is 34.1. The lowest BCUT2D eigenvalue weighted by molar-refractivity contribution is 0.102. The van der Waals surface area contributed by atoms with Crippen molar-refractivity contribution in [3.05, 3.63) is 95.3 Å². The number of hydrogen-bond acceptors (Lipinski definition) is 6. The molecule has 0 radical (unpaired) electrons. The molecule has 7 nitrogen and oxygen atoms in total. The van der Waals surface area contributed by atoms with Crippen LogP contribution in [-0.2, 0) is 9.84 Å². The minimum atomic E-state index is -4.61. The molecule has 1 amide bonds. The molecule has 0 aliphatic heterocycles. The first-order chi connectivity index (χ1) is 15.3. The van der Waals surface area contributed by atoms with Gasteiger partial charge in [0.1, 0.15) is 0 Å².